The lowest BCUT2D eigenvalue weighted by molar-refractivity contribution is -0.113. The van der Waals surface area contributed by atoms with E-state index in [0.29, 0.717) is 22.6 Å². The van der Waals surface area contributed by atoms with Gasteiger partial charge in [-0.15, -0.1) is 0 Å². The molecule has 0 aliphatic heterocycles. The quantitative estimate of drug-likeness (QED) is 0.298. The summed E-state index contributed by atoms with van der Waals surface area (Å²) in [7, 11) is 1.48. The van der Waals surface area contributed by atoms with Crippen LogP contribution in [-0.2, 0) is 4.79 Å². The molecule has 0 fully saturated rings. The van der Waals surface area contributed by atoms with Crippen molar-refractivity contribution in [2.45, 2.75) is 6.92 Å². The van der Waals surface area contributed by atoms with Gasteiger partial charge in [0.2, 0.25) is 0 Å². The average Bonchev–Trinajstić information content (AvgIpc) is 2.84. The number of para-hydroxylation sites is 1. The van der Waals surface area contributed by atoms with Crippen LogP contribution in [0, 0.1) is 0 Å². The summed E-state index contributed by atoms with van der Waals surface area (Å²) in [4.78, 5) is 37.3. The highest BCUT2D eigenvalue weighted by Crippen LogP contribution is 2.18. The Hall–Kier alpha value is -4.45. The minimum Gasteiger partial charge on any atom is -0.496 e. The van der Waals surface area contributed by atoms with E-state index in [-0.39, 0.29) is 11.5 Å². The molecule has 0 saturated carbocycles. The Morgan fingerprint density at radius 2 is 1.52 bits per heavy atom. The van der Waals surface area contributed by atoms with Gasteiger partial charge < -0.3 is 15.4 Å². The molecule has 0 bridgehead atoms. The summed E-state index contributed by atoms with van der Waals surface area (Å²) in [5, 5.41) is 5.41. The summed E-state index contributed by atoms with van der Waals surface area (Å²) in [5.41, 5.74) is 2.34. The molecule has 0 heterocycles. The molecular weight excluding hydrogens is 416 g/mol. The van der Waals surface area contributed by atoms with Gasteiger partial charge in [0.25, 0.3) is 11.8 Å². The van der Waals surface area contributed by atoms with Gasteiger partial charge in [0, 0.05) is 11.3 Å². The number of ketones is 1. The number of anilines is 1. The first kappa shape index (κ1) is 23.2. The Kier molecular flexibility index (Phi) is 7.91. The van der Waals surface area contributed by atoms with Crippen LogP contribution in [0.25, 0.3) is 6.08 Å². The predicted octanol–water partition coefficient (Wildman–Crippen LogP) is 4.86. The zero-order valence-electron chi connectivity index (χ0n) is 18.4. The number of hydrogen-bond acceptors (Lipinski definition) is 4. The van der Waals surface area contributed by atoms with Crippen LogP contribution in [-0.4, -0.2) is 24.7 Å². The number of carbonyl (C=O) groups is 3. The van der Waals surface area contributed by atoms with Crippen LogP contribution < -0.4 is 15.4 Å². The summed E-state index contributed by atoms with van der Waals surface area (Å²) in [6.45, 7) is 1.47. The van der Waals surface area contributed by atoms with Crippen LogP contribution in [0.15, 0.2) is 96.7 Å². The average molecular weight is 440 g/mol. The molecule has 0 saturated heterocycles. The molecule has 2 amide bonds. The molecule has 0 unspecified atom stereocenters. The standard InChI is InChI=1S/C27H24N2O4/c1-19(30)21-15-17-22(18-16-21)28-27(32)24(13-8-11-20-9-4-3-5-10-20)29-26(31)23-12-6-7-14-25(23)33-2/h3-18H,1-2H3,(H,28,32)(H,29,31)/b11-8-,24-13-. The van der Waals surface area contributed by atoms with Crippen LogP contribution in [0.4, 0.5) is 5.69 Å². The molecule has 2 N–H and O–H groups in total. The van der Waals surface area contributed by atoms with Crippen molar-refractivity contribution in [2.75, 3.05) is 12.4 Å². The summed E-state index contributed by atoms with van der Waals surface area (Å²) >= 11 is 0. The third-order valence-electron chi connectivity index (χ3n) is 4.74. The van der Waals surface area contributed by atoms with Crippen molar-refractivity contribution >= 4 is 29.4 Å². The van der Waals surface area contributed by atoms with Gasteiger partial charge in [0.05, 0.1) is 12.7 Å². The first-order chi connectivity index (χ1) is 16.0. The van der Waals surface area contributed by atoms with E-state index in [2.05, 4.69) is 10.6 Å². The number of methoxy groups -OCH3 is 1. The molecule has 0 aliphatic carbocycles. The maximum Gasteiger partial charge on any atom is 0.272 e. The maximum atomic E-state index is 13.0. The molecule has 6 nitrogen and oxygen atoms in total. The fourth-order valence-corrected chi connectivity index (χ4v) is 3.00. The van der Waals surface area contributed by atoms with E-state index in [9.17, 15) is 14.4 Å². The molecular formula is C27H24N2O4. The lowest BCUT2D eigenvalue weighted by Crippen LogP contribution is -2.31. The summed E-state index contributed by atoms with van der Waals surface area (Å²) in [6, 6.07) is 22.9. The third kappa shape index (κ3) is 6.51. The second kappa shape index (κ2) is 11.2. The van der Waals surface area contributed by atoms with E-state index in [1.54, 1.807) is 54.6 Å². The van der Waals surface area contributed by atoms with Gasteiger partial charge in [-0.05, 0) is 55.0 Å². The zero-order chi connectivity index (χ0) is 23.6. The van der Waals surface area contributed by atoms with E-state index in [1.165, 1.54) is 20.1 Å². The predicted molar refractivity (Wildman–Crippen MR) is 129 cm³/mol. The Balaban J connectivity index is 1.84. The lowest BCUT2D eigenvalue weighted by atomic mass is 10.1. The van der Waals surface area contributed by atoms with Crippen molar-refractivity contribution in [2.24, 2.45) is 0 Å². The van der Waals surface area contributed by atoms with E-state index < -0.39 is 11.8 Å². The Bertz CT molecular complexity index is 1200. The highest BCUT2D eigenvalue weighted by atomic mass is 16.5. The minimum absolute atomic E-state index is 0.0498. The van der Waals surface area contributed by atoms with Gasteiger partial charge >= 0.3 is 0 Å². The maximum absolute atomic E-state index is 13.0. The van der Waals surface area contributed by atoms with Gasteiger partial charge in [-0.25, -0.2) is 0 Å². The zero-order valence-corrected chi connectivity index (χ0v) is 18.4. The summed E-state index contributed by atoms with van der Waals surface area (Å²) in [6.07, 6.45) is 5.04. The number of ether oxygens (including phenoxy) is 1. The summed E-state index contributed by atoms with van der Waals surface area (Å²) in [5.74, 6) is -0.654. The molecule has 3 aromatic rings. The SMILES string of the molecule is COc1ccccc1C(=O)N/C(=C\C=C/c1ccccc1)C(=O)Nc1ccc(C(C)=O)cc1. The number of benzene rings is 3. The third-order valence-corrected chi connectivity index (χ3v) is 4.74. The number of carbonyl (C=O) groups excluding carboxylic acids is 3. The fraction of sp³-hybridized carbons (Fsp3) is 0.0741. The highest BCUT2D eigenvalue weighted by Gasteiger charge is 2.17. The lowest BCUT2D eigenvalue weighted by Gasteiger charge is -2.12. The minimum atomic E-state index is -0.508. The Morgan fingerprint density at radius 1 is 0.848 bits per heavy atom. The highest BCUT2D eigenvalue weighted by molar-refractivity contribution is 6.09. The van der Waals surface area contributed by atoms with Crippen molar-refractivity contribution in [1.82, 2.24) is 5.32 Å². The molecule has 0 radical (unpaired) electrons. The van der Waals surface area contributed by atoms with E-state index >= 15 is 0 Å². The largest absolute Gasteiger partial charge is 0.496 e. The first-order valence-corrected chi connectivity index (χ1v) is 10.3. The van der Waals surface area contributed by atoms with Crippen molar-refractivity contribution < 1.29 is 19.1 Å². The first-order valence-electron chi connectivity index (χ1n) is 10.3. The van der Waals surface area contributed by atoms with Gasteiger partial charge in [0.15, 0.2) is 5.78 Å². The van der Waals surface area contributed by atoms with Crippen LogP contribution in [0.1, 0.15) is 33.2 Å². The molecule has 0 atom stereocenters. The van der Waals surface area contributed by atoms with Crippen molar-refractivity contribution in [3.8, 4) is 5.75 Å². The second-order valence-corrected chi connectivity index (χ2v) is 7.09. The Morgan fingerprint density at radius 3 is 2.18 bits per heavy atom. The fourth-order valence-electron chi connectivity index (χ4n) is 3.00. The molecule has 0 aliphatic rings. The normalized spacial score (nSPS) is 11.2. The van der Waals surface area contributed by atoms with E-state index in [1.807, 2.05) is 36.4 Å². The number of hydrogen-bond donors (Lipinski definition) is 2. The molecule has 6 heteroatoms. The molecule has 0 aromatic heterocycles. The topological polar surface area (TPSA) is 84.5 Å². The number of nitrogens with one attached hydrogen (secondary N) is 2. The molecule has 3 rings (SSSR count). The summed E-state index contributed by atoms with van der Waals surface area (Å²) < 4.78 is 5.25. The second-order valence-electron chi connectivity index (χ2n) is 7.09. The molecule has 166 valence electrons. The Labute approximate surface area is 192 Å². The monoisotopic (exact) mass is 440 g/mol. The number of allylic oxidation sites excluding steroid dienone is 2. The van der Waals surface area contributed by atoms with Gasteiger partial charge in [-0.3, -0.25) is 14.4 Å². The van der Waals surface area contributed by atoms with Crippen LogP contribution in [0.5, 0.6) is 5.75 Å². The molecule has 33 heavy (non-hydrogen) atoms. The van der Waals surface area contributed by atoms with Crippen molar-refractivity contribution in [3.05, 3.63) is 113 Å². The number of rotatable bonds is 8. The number of Topliss-reactive ketones (excluding diaryl/α,β-unsaturated/α-hetero) is 1. The van der Waals surface area contributed by atoms with Gasteiger partial charge in [0.1, 0.15) is 11.4 Å². The van der Waals surface area contributed by atoms with Crippen LogP contribution in [0.2, 0.25) is 0 Å². The van der Waals surface area contributed by atoms with Crippen LogP contribution >= 0.6 is 0 Å². The van der Waals surface area contributed by atoms with Gasteiger partial charge in [-0.2, -0.15) is 0 Å². The molecule has 0 spiro atoms. The molecule has 3 aromatic carbocycles. The van der Waals surface area contributed by atoms with E-state index in [0.717, 1.165) is 5.56 Å². The van der Waals surface area contributed by atoms with Crippen molar-refractivity contribution in [3.63, 3.8) is 0 Å². The van der Waals surface area contributed by atoms with Gasteiger partial charge in [-0.1, -0.05) is 54.6 Å². The van der Waals surface area contributed by atoms with Crippen molar-refractivity contribution in [1.29, 1.82) is 0 Å². The van der Waals surface area contributed by atoms with Crippen LogP contribution in [0.3, 0.4) is 0 Å². The van der Waals surface area contributed by atoms with E-state index in [4.69, 9.17) is 4.74 Å². The number of amides is 2. The smallest absolute Gasteiger partial charge is 0.272 e.